The third kappa shape index (κ3) is 3.34. The maximum atomic E-state index is 12.6. The molecule has 3 aromatic rings. The second-order valence-electron chi connectivity index (χ2n) is 6.22. The standard InChI is InChI=1S/C20H22N2O2/c1-13-8-9-18-17(10-13)14(2)19(22-18)20(24)21-16(12-23)11-15-6-4-3-5-7-15/h3-10,16,22-23H,11-12H2,1-2H3,(H,21,24). The first kappa shape index (κ1) is 16.3. The number of aromatic nitrogens is 1. The fraction of sp³-hybridized carbons (Fsp3) is 0.250. The fourth-order valence-corrected chi connectivity index (χ4v) is 2.98. The van der Waals surface area contributed by atoms with Gasteiger partial charge < -0.3 is 15.4 Å². The number of nitrogens with one attached hydrogen (secondary N) is 2. The van der Waals surface area contributed by atoms with E-state index < -0.39 is 0 Å². The van der Waals surface area contributed by atoms with Crippen LogP contribution >= 0.6 is 0 Å². The Morgan fingerprint density at radius 1 is 1.17 bits per heavy atom. The van der Waals surface area contributed by atoms with Crippen molar-refractivity contribution in [3.8, 4) is 0 Å². The molecule has 4 heteroatoms. The Labute approximate surface area is 141 Å². The van der Waals surface area contributed by atoms with E-state index in [9.17, 15) is 9.90 Å². The van der Waals surface area contributed by atoms with Crippen LogP contribution in [0.2, 0.25) is 0 Å². The molecule has 3 rings (SSSR count). The van der Waals surface area contributed by atoms with Gasteiger partial charge in [-0.1, -0.05) is 42.0 Å². The van der Waals surface area contributed by atoms with E-state index in [0.717, 1.165) is 27.6 Å². The minimum absolute atomic E-state index is 0.0982. The molecule has 0 spiro atoms. The Balaban J connectivity index is 1.79. The molecule has 3 N–H and O–H groups in total. The van der Waals surface area contributed by atoms with Gasteiger partial charge in [0.05, 0.1) is 12.6 Å². The van der Waals surface area contributed by atoms with Gasteiger partial charge in [0.25, 0.3) is 5.91 Å². The molecule has 4 nitrogen and oxygen atoms in total. The molecular weight excluding hydrogens is 300 g/mol. The molecule has 24 heavy (non-hydrogen) atoms. The van der Waals surface area contributed by atoms with Gasteiger partial charge in [0.15, 0.2) is 0 Å². The molecule has 0 bridgehead atoms. The fourth-order valence-electron chi connectivity index (χ4n) is 2.98. The van der Waals surface area contributed by atoms with Gasteiger partial charge in [0.1, 0.15) is 5.69 Å². The summed E-state index contributed by atoms with van der Waals surface area (Å²) in [6.07, 6.45) is 0.599. The molecule has 0 aliphatic rings. The van der Waals surface area contributed by atoms with Gasteiger partial charge in [0.2, 0.25) is 0 Å². The zero-order chi connectivity index (χ0) is 17.1. The second-order valence-corrected chi connectivity index (χ2v) is 6.22. The summed E-state index contributed by atoms with van der Waals surface area (Å²) in [7, 11) is 0. The number of carbonyl (C=O) groups excluding carboxylic acids is 1. The van der Waals surface area contributed by atoms with Crippen LogP contribution < -0.4 is 5.32 Å². The van der Waals surface area contributed by atoms with Crippen LogP contribution in [0.1, 0.15) is 27.2 Å². The number of benzene rings is 2. The SMILES string of the molecule is Cc1ccc2[nH]c(C(=O)NC(CO)Cc3ccccc3)c(C)c2c1. The first-order valence-corrected chi connectivity index (χ1v) is 8.13. The quantitative estimate of drug-likeness (QED) is 0.676. The smallest absolute Gasteiger partial charge is 0.268 e. The van der Waals surface area contributed by atoms with Crippen molar-refractivity contribution in [3.63, 3.8) is 0 Å². The Morgan fingerprint density at radius 3 is 2.62 bits per heavy atom. The molecular formula is C20H22N2O2. The highest BCUT2D eigenvalue weighted by Gasteiger charge is 2.18. The molecule has 0 fully saturated rings. The second kappa shape index (κ2) is 6.89. The molecule has 0 aliphatic carbocycles. The van der Waals surface area contributed by atoms with E-state index in [1.54, 1.807) is 0 Å². The summed E-state index contributed by atoms with van der Waals surface area (Å²) < 4.78 is 0. The van der Waals surface area contributed by atoms with Gasteiger partial charge >= 0.3 is 0 Å². The molecule has 2 aromatic carbocycles. The first-order chi connectivity index (χ1) is 11.6. The van der Waals surface area contributed by atoms with Crippen LogP contribution in [0.3, 0.4) is 0 Å². The minimum Gasteiger partial charge on any atom is -0.394 e. The molecule has 1 aromatic heterocycles. The minimum atomic E-state index is -0.313. The predicted molar refractivity (Wildman–Crippen MR) is 96.3 cm³/mol. The van der Waals surface area contributed by atoms with Crippen molar-refractivity contribution in [2.24, 2.45) is 0 Å². The number of rotatable bonds is 5. The van der Waals surface area contributed by atoms with E-state index in [-0.39, 0.29) is 18.6 Å². The van der Waals surface area contributed by atoms with E-state index >= 15 is 0 Å². The predicted octanol–water partition coefficient (Wildman–Crippen LogP) is 3.12. The maximum absolute atomic E-state index is 12.6. The van der Waals surface area contributed by atoms with Crippen LogP contribution in [-0.2, 0) is 6.42 Å². The molecule has 124 valence electrons. The molecule has 1 atom stereocenters. The van der Waals surface area contributed by atoms with Crippen LogP contribution in [0.5, 0.6) is 0 Å². The van der Waals surface area contributed by atoms with Crippen LogP contribution in [0, 0.1) is 13.8 Å². The van der Waals surface area contributed by atoms with Crippen molar-refractivity contribution < 1.29 is 9.90 Å². The average molecular weight is 322 g/mol. The largest absolute Gasteiger partial charge is 0.394 e. The summed E-state index contributed by atoms with van der Waals surface area (Å²) >= 11 is 0. The van der Waals surface area contributed by atoms with Crippen molar-refractivity contribution in [1.29, 1.82) is 0 Å². The number of aromatic amines is 1. The zero-order valence-corrected chi connectivity index (χ0v) is 14.0. The first-order valence-electron chi connectivity index (χ1n) is 8.13. The molecule has 0 saturated heterocycles. The maximum Gasteiger partial charge on any atom is 0.268 e. The van der Waals surface area contributed by atoms with Crippen LogP contribution in [0.15, 0.2) is 48.5 Å². The summed E-state index contributed by atoms with van der Waals surface area (Å²) in [4.78, 5) is 15.8. The number of aliphatic hydroxyl groups is 1. The number of carbonyl (C=O) groups is 1. The van der Waals surface area contributed by atoms with Gasteiger partial charge in [-0.3, -0.25) is 4.79 Å². The summed E-state index contributed by atoms with van der Waals surface area (Å²) in [6.45, 7) is 3.88. The van der Waals surface area contributed by atoms with E-state index in [1.165, 1.54) is 0 Å². The number of hydrogen-bond donors (Lipinski definition) is 3. The molecule has 0 radical (unpaired) electrons. The lowest BCUT2D eigenvalue weighted by Crippen LogP contribution is -2.39. The molecule has 1 amide bonds. The molecule has 0 aliphatic heterocycles. The summed E-state index contributed by atoms with van der Waals surface area (Å²) in [5.41, 5.74) is 4.69. The molecule has 1 unspecified atom stereocenters. The summed E-state index contributed by atoms with van der Waals surface area (Å²) in [5, 5.41) is 13.6. The average Bonchev–Trinajstić information content (AvgIpc) is 2.92. The number of amides is 1. The Bertz CT molecular complexity index is 853. The third-order valence-corrected chi connectivity index (χ3v) is 4.32. The van der Waals surface area contributed by atoms with Gasteiger partial charge in [-0.25, -0.2) is 0 Å². The van der Waals surface area contributed by atoms with Gasteiger partial charge in [-0.2, -0.15) is 0 Å². The highest BCUT2D eigenvalue weighted by molar-refractivity contribution is 6.01. The third-order valence-electron chi connectivity index (χ3n) is 4.32. The van der Waals surface area contributed by atoms with Crippen LogP contribution in [0.25, 0.3) is 10.9 Å². The Morgan fingerprint density at radius 2 is 1.92 bits per heavy atom. The van der Waals surface area contributed by atoms with Crippen LogP contribution in [0.4, 0.5) is 0 Å². The Kier molecular flexibility index (Phi) is 4.67. The summed E-state index contributed by atoms with van der Waals surface area (Å²) in [6, 6.07) is 15.6. The zero-order valence-electron chi connectivity index (χ0n) is 14.0. The van der Waals surface area contributed by atoms with Crippen molar-refractivity contribution in [2.75, 3.05) is 6.61 Å². The van der Waals surface area contributed by atoms with Crippen molar-refractivity contribution in [3.05, 3.63) is 70.9 Å². The van der Waals surface area contributed by atoms with Crippen molar-refractivity contribution in [1.82, 2.24) is 10.3 Å². The van der Waals surface area contributed by atoms with E-state index in [1.807, 2.05) is 56.3 Å². The van der Waals surface area contributed by atoms with Gasteiger partial charge in [-0.15, -0.1) is 0 Å². The van der Waals surface area contributed by atoms with Crippen molar-refractivity contribution in [2.45, 2.75) is 26.3 Å². The van der Waals surface area contributed by atoms with Crippen molar-refractivity contribution >= 4 is 16.8 Å². The lowest BCUT2D eigenvalue weighted by Gasteiger charge is -2.16. The number of hydrogen-bond acceptors (Lipinski definition) is 2. The highest BCUT2D eigenvalue weighted by Crippen LogP contribution is 2.23. The van der Waals surface area contributed by atoms with Gasteiger partial charge in [0, 0.05) is 10.9 Å². The number of H-pyrrole nitrogens is 1. The number of aliphatic hydroxyl groups excluding tert-OH is 1. The van der Waals surface area contributed by atoms with Crippen LogP contribution in [-0.4, -0.2) is 28.6 Å². The van der Waals surface area contributed by atoms with E-state index in [0.29, 0.717) is 12.1 Å². The number of fused-ring (bicyclic) bond motifs is 1. The molecule has 1 heterocycles. The lowest BCUT2D eigenvalue weighted by atomic mass is 10.1. The summed E-state index contributed by atoms with van der Waals surface area (Å²) in [5.74, 6) is -0.184. The monoisotopic (exact) mass is 322 g/mol. The Hall–Kier alpha value is -2.59. The molecule has 0 saturated carbocycles. The lowest BCUT2D eigenvalue weighted by molar-refractivity contribution is 0.0911. The van der Waals surface area contributed by atoms with E-state index in [2.05, 4.69) is 16.4 Å². The number of aryl methyl sites for hydroxylation is 2. The highest BCUT2D eigenvalue weighted by atomic mass is 16.3. The van der Waals surface area contributed by atoms with Gasteiger partial charge in [-0.05, 0) is 43.5 Å². The van der Waals surface area contributed by atoms with E-state index in [4.69, 9.17) is 0 Å². The topological polar surface area (TPSA) is 65.1 Å². The normalized spacial score (nSPS) is 12.3.